The van der Waals surface area contributed by atoms with Crippen LogP contribution in [0.25, 0.3) is 11.1 Å². The molecule has 0 saturated carbocycles. The Bertz CT molecular complexity index is 511. The lowest BCUT2D eigenvalue weighted by atomic mass is 10.5. The minimum absolute atomic E-state index is 0.405. The molecule has 3 rings (SSSR count). The van der Waals surface area contributed by atoms with Crippen LogP contribution in [0, 0.1) is 0 Å². The Kier molecular flexibility index (Phi) is 2.74. The number of nitrogens with one attached hydrogen (secondary N) is 1. The lowest BCUT2D eigenvalue weighted by Gasteiger charge is -1.89. The Hall–Kier alpha value is -2.08. The zero-order valence-electron chi connectivity index (χ0n) is 8.18. The molecule has 82 valence electrons. The van der Waals surface area contributed by atoms with E-state index in [2.05, 4.69) is 16.4 Å². The monoisotopic (exact) mass is 235 g/mol. The average Bonchev–Trinajstić information content (AvgIpc) is 2.68. The maximum absolute atomic E-state index is 9.92. The zero-order chi connectivity index (χ0) is 11.5. The predicted octanol–water partition coefficient (Wildman–Crippen LogP) is 2.48. The number of nitrogen functional groups attached to an aromatic ring is 1. The lowest BCUT2D eigenvalue weighted by molar-refractivity contribution is 0.209. The fourth-order valence-electron chi connectivity index (χ4n) is 1.15. The van der Waals surface area contributed by atoms with Crippen molar-refractivity contribution in [1.82, 2.24) is 4.98 Å². The summed E-state index contributed by atoms with van der Waals surface area (Å²) in [6.45, 7) is 0. The maximum Gasteiger partial charge on any atom is 0.410 e. The van der Waals surface area contributed by atoms with Gasteiger partial charge in [0.05, 0.1) is 0 Å². The first kappa shape index (κ1) is 10.4. The van der Waals surface area contributed by atoms with E-state index in [4.69, 9.17) is 10.8 Å². The summed E-state index contributed by atoms with van der Waals surface area (Å²) in [4.78, 5) is 13.6. The lowest BCUT2D eigenvalue weighted by Crippen LogP contribution is -2.06. The van der Waals surface area contributed by atoms with Gasteiger partial charge in [0.2, 0.25) is 0 Å². The van der Waals surface area contributed by atoms with Crippen molar-refractivity contribution in [3.63, 3.8) is 0 Å². The minimum Gasteiger partial charge on any atom is -0.465 e. The summed E-state index contributed by atoms with van der Waals surface area (Å²) in [5.74, 6) is 0. The summed E-state index contributed by atoms with van der Waals surface area (Å²) in [7, 11) is 0. The molecule has 5 nitrogen and oxygen atoms in total. The van der Waals surface area contributed by atoms with Crippen molar-refractivity contribution in [3.05, 3.63) is 29.8 Å². The molecule has 0 spiro atoms. The summed E-state index contributed by atoms with van der Waals surface area (Å²) in [5, 5.41) is 12.4. The number of hydrogen-bond donors (Lipinski definition) is 3. The second-order valence-corrected chi connectivity index (χ2v) is 3.96. The first-order valence-corrected chi connectivity index (χ1v) is 5.34. The van der Waals surface area contributed by atoms with Crippen LogP contribution in [-0.4, -0.2) is 16.2 Å². The maximum atomic E-state index is 9.92. The molecule has 0 fully saturated rings. The van der Waals surface area contributed by atoms with Crippen molar-refractivity contribution in [2.45, 2.75) is 0 Å². The number of carbonyl (C=O) groups is 1. The summed E-state index contributed by atoms with van der Waals surface area (Å²) < 4.78 is 0. The van der Waals surface area contributed by atoms with Gasteiger partial charge in [0.15, 0.2) is 5.13 Å². The van der Waals surface area contributed by atoms with E-state index in [1.165, 1.54) is 28.7 Å². The zero-order valence-corrected chi connectivity index (χ0v) is 8.99. The highest BCUT2D eigenvalue weighted by Gasteiger charge is 2.13. The predicted molar refractivity (Wildman–Crippen MR) is 63.6 cm³/mol. The summed E-state index contributed by atoms with van der Waals surface area (Å²) in [5.41, 5.74) is 8.95. The quantitative estimate of drug-likeness (QED) is 0.565. The highest BCUT2D eigenvalue weighted by atomic mass is 32.1. The molecule has 0 saturated heterocycles. The molecule has 16 heavy (non-hydrogen) atoms. The van der Waals surface area contributed by atoms with Gasteiger partial charge in [-0.2, -0.15) is 0 Å². The van der Waals surface area contributed by atoms with Crippen molar-refractivity contribution in [2.24, 2.45) is 0 Å². The van der Waals surface area contributed by atoms with Crippen LogP contribution in [0.5, 0.6) is 0 Å². The van der Waals surface area contributed by atoms with E-state index in [0.717, 1.165) is 5.69 Å². The van der Waals surface area contributed by atoms with Crippen LogP contribution in [0.4, 0.5) is 15.6 Å². The fraction of sp³-hybridized carbons (Fsp3) is 0. The van der Waals surface area contributed by atoms with Crippen LogP contribution in [0.3, 0.4) is 0 Å². The summed E-state index contributed by atoms with van der Waals surface area (Å²) in [6.07, 6.45) is 0.459. The Balaban J connectivity index is 0.000000123. The molecule has 2 aliphatic carbocycles. The van der Waals surface area contributed by atoms with E-state index >= 15 is 0 Å². The number of nitrogens with zero attached hydrogens (tertiary/aromatic N) is 1. The van der Waals surface area contributed by atoms with Gasteiger partial charge in [-0.05, 0) is 17.7 Å². The highest BCUT2D eigenvalue weighted by molar-refractivity contribution is 7.13. The molecule has 0 aliphatic heterocycles. The number of thiazole rings is 1. The van der Waals surface area contributed by atoms with Gasteiger partial charge in [0.25, 0.3) is 0 Å². The van der Waals surface area contributed by atoms with Gasteiger partial charge in [-0.15, -0.1) is 11.3 Å². The normalized spacial score (nSPS) is 10.0. The largest absolute Gasteiger partial charge is 0.465 e. The van der Waals surface area contributed by atoms with Crippen LogP contribution in [0.2, 0.25) is 0 Å². The topological polar surface area (TPSA) is 88.2 Å². The second-order valence-electron chi connectivity index (χ2n) is 3.07. The molecule has 1 aromatic rings. The van der Waals surface area contributed by atoms with E-state index < -0.39 is 6.09 Å². The SMILES string of the molecule is Nc1ccc2cc1-2.O=C(O)Nc1nccs1. The number of rotatable bonds is 1. The van der Waals surface area contributed by atoms with Gasteiger partial charge in [-0.3, -0.25) is 5.32 Å². The van der Waals surface area contributed by atoms with E-state index in [9.17, 15) is 4.79 Å². The first-order chi connectivity index (χ1) is 7.66. The molecule has 1 aromatic heterocycles. The van der Waals surface area contributed by atoms with Crippen LogP contribution >= 0.6 is 11.3 Å². The molecule has 4 N–H and O–H groups in total. The van der Waals surface area contributed by atoms with Crippen molar-refractivity contribution < 1.29 is 9.90 Å². The summed E-state index contributed by atoms with van der Waals surface area (Å²) >= 11 is 1.25. The van der Waals surface area contributed by atoms with Gasteiger partial charge in [-0.25, -0.2) is 9.78 Å². The summed E-state index contributed by atoms with van der Waals surface area (Å²) in [6, 6.07) is 6.05. The number of amides is 1. The molecule has 0 bridgehead atoms. The van der Waals surface area contributed by atoms with Crippen LogP contribution < -0.4 is 11.1 Å². The van der Waals surface area contributed by atoms with Crippen molar-refractivity contribution >= 4 is 28.2 Å². The van der Waals surface area contributed by atoms with Crippen molar-refractivity contribution in [1.29, 1.82) is 0 Å². The molecule has 0 unspecified atom stereocenters. The van der Waals surface area contributed by atoms with E-state index in [1.807, 2.05) is 12.1 Å². The van der Waals surface area contributed by atoms with E-state index in [1.54, 1.807) is 5.38 Å². The molecule has 0 radical (unpaired) electrons. The van der Waals surface area contributed by atoms with Gasteiger partial charge >= 0.3 is 6.09 Å². The van der Waals surface area contributed by atoms with Crippen molar-refractivity contribution in [3.8, 4) is 11.1 Å². The molecular formula is C10H9N3O2S. The Labute approximate surface area is 95.6 Å². The van der Waals surface area contributed by atoms with Crippen LogP contribution in [-0.2, 0) is 0 Å². The van der Waals surface area contributed by atoms with E-state index in [0.29, 0.717) is 5.13 Å². The number of anilines is 2. The van der Waals surface area contributed by atoms with Gasteiger partial charge < -0.3 is 10.8 Å². The minimum atomic E-state index is -1.08. The highest BCUT2D eigenvalue weighted by Crippen LogP contribution is 2.39. The second kappa shape index (κ2) is 4.19. The third-order valence-electron chi connectivity index (χ3n) is 1.93. The van der Waals surface area contributed by atoms with Crippen LogP contribution in [0.15, 0.2) is 29.8 Å². The number of aromatic nitrogens is 1. The molecule has 1 amide bonds. The molecule has 1 heterocycles. The molecule has 2 aliphatic rings. The third-order valence-corrected chi connectivity index (χ3v) is 2.62. The van der Waals surface area contributed by atoms with Gasteiger partial charge in [0.1, 0.15) is 0 Å². The smallest absolute Gasteiger partial charge is 0.410 e. The third kappa shape index (κ3) is 2.48. The van der Waals surface area contributed by atoms with E-state index in [-0.39, 0.29) is 0 Å². The average molecular weight is 235 g/mol. The van der Waals surface area contributed by atoms with Crippen LogP contribution in [0.1, 0.15) is 0 Å². The number of hydrogen-bond acceptors (Lipinski definition) is 4. The number of carboxylic acid groups (broad SMARTS) is 1. The van der Waals surface area contributed by atoms with Gasteiger partial charge in [0, 0.05) is 22.8 Å². The molecular weight excluding hydrogens is 226 g/mol. The van der Waals surface area contributed by atoms with Crippen molar-refractivity contribution in [2.75, 3.05) is 11.1 Å². The molecule has 0 atom stereocenters. The Morgan fingerprint density at radius 2 is 2.31 bits per heavy atom. The number of fused-ring (bicyclic) bond motifs is 1. The Morgan fingerprint density at radius 1 is 1.50 bits per heavy atom. The van der Waals surface area contributed by atoms with Gasteiger partial charge in [-0.1, -0.05) is 6.07 Å². The molecule has 0 aromatic carbocycles. The Morgan fingerprint density at radius 3 is 2.62 bits per heavy atom. The number of benzene rings is 1. The standard InChI is InChI=1S/C6H5N.C4H4N2O2S/c7-6-2-1-4-3-5(4)6;7-4(8)6-3-5-1-2-9-3/h1-3H,7H2;1-2H,(H,5,6)(H,7,8). The first-order valence-electron chi connectivity index (χ1n) is 4.46. The fourth-order valence-corrected chi connectivity index (χ4v) is 1.67. The molecule has 6 heteroatoms. The number of nitrogens with two attached hydrogens (primary N) is 1.